The molecule has 0 saturated heterocycles. The minimum absolute atomic E-state index is 0.0730. The molecule has 170 valence electrons. The van der Waals surface area contributed by atoms with Crippen LogP contribution in [0.15, 0.2) is 35.3 Å². The topological polar surface area (TPSA) is 60.0 Å². The van der Waals surface area contributed by atoms with Crippen LogP contribution in [0.2, 0.25) is 10.0 Å². The molecule has 32 heavy (non-hydrogen) atoms. The standard InChI is InChI=1S/C23H27Cl2N5OS/c1-3-29(4-2)10-5-6-20(31)30-11-9-16-19(13-30)32-23-21(16)22(26-14-27-23)28-15-7-8-17(24)18(25)12-15/h5-8,12,14,22,28H,3-4,9-11,13H2,1-2H3,(H,26,27)/b6-5+. The molecule has 1 aromatic carbocycles. The first kappa shape index (κ1) is 23.1. The molecule has 2 aliphatic heterocycles. The number of benzene rings is 1. The molecule has 0 spiro atoms. The highest BCUT2D eigenvalue weighted by atomic mass is 35.5. The number of carbonyl (C=O) groups is 1. The van der Waals surface area contributed by atoms with E-state index in [-0.39, 0.29) is 12.1 Å². The summed E-state index contributed by atoms with van der Waals surface area (Å²) in [6.45, 7) is 8.35. The first-order valence-corrected chi connectivity index (χ1v) is 12.4. The van der Waals surface area contributed by atoms with Crippen LogP contribution in [0.1, 0.15) is 36.0 Å². The van der Waals surface area contributed by atoms with Gasteiger partial charge < -0.3 is 20.4 Å². The van der Waals surface area contributed by atoms with E-state index in [1.165, 1.54) is 10.4 Å². The van der Waals surface area contributed by atoms with Crippen LogP contribution in [-0.2, 0) is 17.8 Å². The van der Waals surface area contributed by atoms with E-state index in [9.17, 15) is 4.79 Å². The second-order valence-corrected chi connectivity index (χ2v) is 9.66. The fraction of sp³-hybridized carbons (Fsp3) is 0.391. The Bertz CT molecular complexity index is 1050. The molecule has 2 aliphatic rings. The van der Waals surface area contributed by atoms with Crippen molar-refractivity contribution in [1.29, 1.82) is 0 Å². The van der Waals surface area contributed by atoms with Crippen LogP contribution in [0, 0.1) is 0 Å². The summed E-state index contributed by atoms with van der Waals surface area (Å²) < 4.78 is 0. The lowest BCUT2D eigenvalue weighted by molar-refractivity contribution is -0.126. The minimum atomic E-state index is -0.209. The highest BCUT2D eigenvalue weighted by molar-refractivity contribution is 7.16. The number of amides is 1. The highest BCUT2D eigenvalue weighted by Crippen LogP contribution is 2.43. The van der Waals surface area contributed by atoms with Crippen molar-refractivity contribution in [3.05, 3.63) is 56.4 Å². The first-order chi connectivity index (χ1) is 15.5. The van der Waals surface area contributed by atoms with E-state index in [1.807, 2.05) is 23.1 Å². The second kappa shape index (κ2) is 10.3. The molecule has 6 nitrogen and oxygen atoms in total. The number of halogens is 2. The molecule has 1 amide bonds. The van der Waals surface area contributed by atoms with Gasteiger partial charge in [-0.2, -0.15) is 0 Å². The Hall–Kier alpha value is -2.06. The van der Waals surface area contributed by atoms with Crippen LogP contribution in [0.25, 0.3) is 0 Å². The number of hydrogen-bond acceptors (Lipinski definition) is 6. The SMILES string of the molecule is CCN(CC)C/C=C/C(=O)N1CCc2c(sc3c2C(Nc2ccc(Cl)c(Cl)c2)N=CN3)C1. The number of aliphatic imine (C=N–C) groups is 1. The summed E-state index contributed by atoms with van der Waals surface area (Å²) in [5, 5.41) is 8.84. The third-order valence-corrected chi connectivity index (χ3v) is 7.75. The summed E-state index contributed by atoms with van der Waals surface area (Å²) in [5.74, 6) is 0.0730. The van der Waals surface area contributed by atoms with Crippen molar-refractivity contribution in [2.24, 2.45) is 4.99 Å². The summed E-state index contributed by atoms with van der Waals surface area (Å²) in [6, 6.07) is 5.48. The number of rotatable bonds is 7. The van der Waals surface area contributed by atoms with E-state index >= 15 is 0 Å². The number of fused-ring (bicyclic) bond motifs is 3. The third-order valence-electron chi connectivity index (χ3n) is 5.84. The smallest absolute Gasteiger partial charge is 0.246 e. The number of hydrogen-bond donors (Lipinski definition) is 2. The molecule has 0 fully saturated rings. The number of likely N-dealkylation sites (N-methyl/N-ethyl adjacent to an activating group) is 1. The summed E-state index contributed by atoms with van der Waals surface area (Å²) in [7, 11) is 0. The van der Waals surface area contributed by atoms with E-state index in [1.54, 1.807) is 29.8 Å². The largest absolute Gasteiger partial charge is 0.360 e. The molecule has 0 saturated carbocycles. The predicted octanol–water partition coefficient (Wildman–Crippen LogP) is 5.40. The van der Waals surface area contributed by atoms with E-state index < -0.39 is 0 Å². The maximum atomic E-state index is 12.7. The van der Waals surface area contributed by atoms with E-state index in [2.05, 4.69) is 34.4 Å². The molecule has 2 aromatic rings. The number of carbonyl (C=O) groups excluding carboxylic acids is 1. The molecule has 1 unspecified atom stereocenters. The monoisotopic (exact) mass is 491 g/mol. The van der Waals surface area contributed by atoms with Crippen LogP contribution < -0.4 is 10.6 Å². The second-order valence-electron chi connectivity index (χ2n) is 7.74. The van der Waals surface area contributed by atoms with Crippen molar-refractivity contribution >= 4 is 57.5 Å². The Labute approximate surface area is 202 Å². The lowest BCUT2D eigenvalue weighted by atomic mass is 10.00. The van der Waals surface area contributed by atoms with Crippen LogP contribution in [0.5, 0.6) is 0 Å². The van der Waals surface area contributed by atoms with E-state index in [4.69, 9.17) is 23.2 Å². The van der Waals surface area contributed by atoms with Gasteiger partial charge in [0.25, 0.3) is 0 Å². The van der Waals surface area contributed by atoms with Crippen molar-refractivity contribution < 1.29 is 4.79 Å². The Kier molecular flexibility index (Phi) is 7.40. The van der Waals surface area contributed by atoms with Gasteiger partial charge in [-0.25, -0.2) is 4.99 Å². The Morgan fingerprint density at radius 3 is 2.91 bits per heavy atom. The van der Waals surface area contributed by atoms with Crippen molar-refractivity contribution in [2.45, 2.75) is 33.0 Å². The van der Waals surface area contributed by atoms with Gasteiger partial charge in [-0.15, -0.1) is 11.3 Å². The normalized spacial score (nSPS) is 17.4. The fourth-order valence-corrected chi connectivity index (χ4v) is 5.56. The van der Waals surface area contributed by atoms with Crippen LogP contribution in [-0.4, -0.2) is 48.2 Å². The molecule has 0 bridgehead atoms. The lowest BCUT2D eigenvalue weighted by Gasteiger charge is -2.28. The van der Waals surface area contributed by atoms with Crippen molar-refractivity contribution in [3.63, 3.8) is 0 Å². The van der Waals surface area contributed by atoms with Gasteiger partial charge in [0, 0.05) is 35.3 Å². The number of anilines is 2. The molecular weight excluding hydrogens is 465 g/mol. The highest BCUT2D eigenvalue weighted by Gasteiger charge is 2.31. The summed E-state index contributed by atoms with van der Waals surface area (Å²) in [5.41, 5.74) is 3.30. The van der Waals surface area contributed by atoms with Gasteiger partial charge in [-0.05, 0) is 43.3 Å². The van der Waals surface area contributed by atoms with Crippen LogP contribution in [0.3, 0.4) is 0 Å². The third kappa shape index (κ3) is 4.96. The van der Waals surface area contributed by atoms with Crippen LogP contribution in [0.4, 0.5) is 10.7 Å². The van der Waals surface area contributed by atoms with Gasteiger partial charge in [0.15, 0.2) is 0 Å². The van der Waals surface area contributed by atoms with Gasteiger partial charge in [-0.1, -0.05) is 43.1 Å². The molecule has 1 atom stereocenters. The van der Waals surface area contributed by atoms with E-state index in [0.29, 0.717) is 23.1 Å². The van der Waals surface area contributed by atoms with E-state index in [0.717, 1.165) is 42.3 Å². The molecule has 9 heteroatoms. The molecule has 0 radical (unpaired) electrons. The number of thiophene rings is 1. The molecule has 2 N–H and O–H groups in total. The van der Waals surface area contributed by atoms with Gasteiger partial charge in [0.05, 0.1) is 22.9 Å². The average molecular weight is 492 g/mol. The zero-order valence-corrected chi connectivity index (χ0v) is 20.5. The zero-order chi connectivity index (χ0) is 22.7. The predicted molar refractivity (Wildman–Crippen MR) is 135 cm³/mol. The average Bonchev–Trinajstić information content (AvgIpc) is 3.18. The summed E-state index contributed by atoms with van der Waals surface area (Å²) in [6.07, 6.45) is 6.01. The Balaban J connectivity index is 1.47. The van der Waals surface area contributed by atoms with Gasteiger partial charge in [-0.3, -0.25) is 4.79 Å². The molecule has 0 aliphatic carbocycles. The van der Waals surface area contributed by atoms with Crippen LogP contribution >= 0.6 is 34.5 Å². The Morgan fingerprint density at radius 1 is 1.34 bits per heavy atom. The fourth-order valence-electron chi connectivity index (χ4n) is 4.00. The molecule has 4 rings (SSSR count). The Morgan fingerprint density at radius 2 is 2.16 bits per heavy atom. The quantitative estimate of drug-likeness (QED) is 0.508. The van der Waals surface area contributed by atoms with Gasteiger partial charge in [0.2, 0.25) is 5.91 Å². The number of nitrogens with zero attached hydrogens (tertiary/aromatic N) is 3. The van der Waals surface area contributed by atoms with Gasteiger partial charge >= 0.3 is 0 Å². The maximum Gasteiger partial charge on any atom is 0.246 e. The number of nitrogens with one attached hydrogen (secondary N) is 2. The molecular formula is C23H27Cl2N5OS. The maximum absolute atomic E-state index is 12.7. The van der Waals surface area contributed by atoms with Crippen molar-refractivity contribution in [3.8, 4) is 0 Å². The molecule has 1 aromatic heterocycles. The summed E-state index contributed by atoms with van der Waals surface area (Å²) in [4.78, 5) is 22.7. The lowest BCUT2D eigenvalue weighted by Crippen LogP contribution is -2.35. The van der Waals surface area contributed by atoms with Crippen molar-refractivity contribution in [1.82, 2.24) is 9.80 Å². The minimum Gasteiger partial charge on any atom is -0.360 e. The first-order valence-electron chi connectivity index (χ1n) is 10.8. The zero-order valence-electron chi connectivity index (χ0n) is 18.2. The summed E-state index contributed by atoms with van der Waals surface area (Å²) >= 11 is 13.9. The molecule has 3 heterocycles. The van der Waals surface area contributed by atoms with Crippen molar-refractivity contribution in [2.75, 3.05) is 36.8 Å². The van der Waals surface area contributed by atoms with Gasteiger partial charge in [0.1, 0.15) is 11.2 Å².